The first-order valence-electron chi connectivity index (χ1n) is 5.93. The van der Waals surface area contributed by atoms with Gasteiger partial charge in [-0.2, -0.15) is 0 Å². The Balaban J connectivity index is 2.74. The minimum absolute atomic E-state index is 0.757. The molecule has 0 fully saturated rings. The average Bonchev–Trinajstić information content (AvgIpc) is 2.46. The Morgan fingerprint density at radius 1 is 0.870 bits per heavy atom. The molecule has 2 aromatic carbocycles. The van der Waals surface area contributed by atoms with Crippen LogP contribution in [-0.4, -0.2) is 6.36 Å². The zero-order chi connectivity index (χ0) is 17.4. The van der Waals surface area contributed by atoms with Crippen molar-refractivity contribution in [2.24, 2.45) is 0 Å². The van der Waals surface area contributed by atoms with E-state index in [2.05, 4.69) is 4.74 Å². The number of para-hydroxylation sites is 1. The van der Waals surface area contributed by atoms with Crippen LogP contribution in [-0.2, 0) is 5.88 Å². The lowest BCUT2D eigenvalue weighted by Crippen LogP contribution is -2.18. The van der Waals surface area contributed by atoms with E-state index in [-0.39, 0.29) is 0 Å². The largest absolute Gasteiger partial charge is 0.573 e. The van der Waals surface area contributed by atoms with Gasteiger partial charge in [0.25, 0.3) is 0 Å². The van der Waals surface area contributed by atoms with E-state index in [1.165, 1.54) is 0 Å². The number of ether oxygens (including phenoxy) is 1. The van der Waals surface area contributed by atoms with Crippen molar-refractivity contribution in [3.8, 4) is 16.9 Å². The van der Waals surface area contributed by atoms with Crippen LogP contribution < -0.4 is 4.74 Å². The SMILES string of the molecule is Fc1c(F)c(-c2ccccc2OC(F)(F)F)c(F)c(F)c1CCl. The van der Waals surface area contributed by atoms with Crippen LogP contribution in [0.25, 0.3) is 11.1 Å². The van der Waals surface area contributed by atoms with Crippen molar-refractivity contribution in [3.63, 3.8) is 0 Å². The molecule has 0 aromatic heterocycles. The molecule has 0 heterocycles. The Kier molecular flexibility index (Phi) is 4.74. The van der Waals surface area contributed by atoms with E-state index in [1.54, 1.807) is 0 Å². The third-order valence-electron chi connectivity index (χ3n) is 2.87. The van der Waals surface area contributed by atoms with Crippen LogP contribution in [0.1, 0.15) is 5.56 Å². The first kappa shape index (κ1) is 17.4. The van der Waals surface area contributed by atoms with Gasteiger partial charge in [0.05, 0.1) is 11.4 Å². The maximum absolute atomic E-state index is 14.0. The summed E-state index contributed by atoms with van der Waals surface area (Å²) in [6.07, 6.45) is -5.16. The predicted octanol–water partition coefficient (Wildman–Crippen LogP) is 5.55. The van der Waals surface area contributed by atoms with Gasteiger partial charge in [-0.15, -0.1) is 24.8 Å². The number of hydrogen-bond donors (Lipinski definition) is 0. The fourth-order valence-corrected chi connectivity index (χ4v) is 2.15. The second kappa shape index (κ2) is 6.27. The van der Waals surface area contributed by atoms with E-state index >= 15 is 0 Å². The molecule has 0 N–H and O–H groups in total. The molecule has 9 heteroatoms. The van der Waals surface area contributed by atoms with E-state index in [1.807, 2.05) is 0 Å². The zero-order valence-electron chi connectivity index (χ0n) is 10.9. The molecule has 2 rings (SSSR count). The van der Waals surface area contributed by atoms with E-state index in [0.29, 0.717) is 0 Å². The molecule has 0 radical (unpaired) electrons. The van der Waals surface area contributed by atoms with E-state index < -0.39 is 58.0 Å². The molecule has 0 unspecified atom stereocenters. The molecule has 0 aliphatic carbocycles. The minimum Gasteiger partial charge on any atom is -0.405 e. The van der Waals surface area contributed by atoms with Crippen molar-refractivity contribution in [1.29, 1.82) is 0 Å². The zero-order valence-corrected chi connectivity index (χ0v) is 11.7. The molecular formula is C14H6ClF7O. The topological polar surface area (TPSA) is 9.23 Å². The predicted molar refractivity (Wildman–Crippen MR) is 68.0 cm³/mol. The molecule has 2 aromatic rings. The first-order chi connectivity index (χ1) is 10.7. The summed E-state index contributed by atoms with van der Waals surface area (Å²) >= 11 is 5.21. The second-order valence-corrected chi connectivity index (χ2v) is 4.55. The fourth-order valence-electron chi connectivity index (χ4n) is 1.92. The Hall–Kier alpha value is -1.96. The molecule has 0 atom stereocenters. The highest BCUT2D eigenvalue weighted by atomic mass is 35.5. The molecule has 1 nitrogen and oxygen atoms in total. The van der Waals surface area contributed by atoms with Crippen molar-refractivity contribution in [2.75, 3.05) is 0 Å². The maximum Gasteiger partial charge on any atom is 0.573 e. The summed E-state index contributed by atoms with van der Waals surface area (Å²) < 4.78 is 96.1. The average molecular weight is 359 g/mol. The van der Waals surface area contributed by atoms with Gasteiger partial charge in [-0.1, -0.05) is 18.2 Å². The molecule has 124 valence electrons. The number of halogens is 8. The summed E-state index contributed by atoms with van der Waals surface area (Å²) in [6, 6.07) is 3.82. The van der Waals surface area contributed by atoms with Crippen LogP contribution in [0.3, 0.4) is 0 Å². The Bertz CT molecular complexity index is 714. The van der Waals surface area contributed by atoms with Crippen molar-refractivity contribution in [3.05, 3.63) is 53.1 Å². The fraction of sp³-hybridized carbons (Fsp3) is 0.143. The summed E-state index contributed by atoms with van der Waals surface area (Å²) in [5.74, 6) is -9.15. The van der Waals surface area contributed by atoms with Crippen LogP contribution in [0.15, 0.2) is 24.3 Å². The quantitative estimate of drug-likeness (QED) is 0.397. The van der Waals surface area contributed by atoms with E-state index in [9.17, 15) is 30.7 Å². The first-order valence-corrected chi connectivity index (χ1v) is 6.46. The van der Waals surface area contributed by atoms with Crippen LogP contribution >= 0.6 is 11.6 Å². The number of hydrogen-bond acceptors (Lipinski definition) is 1. The Labute approximate surface area is 130 Å². The van der Waals surface area contributed by atoms with E-state index in [0.717, 1.165) is 24.3 Å². The van der Waals surface area contributed by atoms with E-state index in [4.69, 9.17) is 11.6 Å². The van der Waals surface area contributed by atoms with Crippen LogP contribution in [0.4, 0.5) is 30.7 Å². The molecular weight excluding hydrogens is 353 g/mol. The van der Waals surface area contributed by atoms with Crippen molar-refractivity contribution in [1.82, 2.24) is 0 Å². The van der Waals surface area contributed by atoms with Gasteiger partial charge in [0, 0.05) is 11.1 Å². The van der Waals surface area contributed by atoms with Crippen molar-refractivity contribution >= 4 is 11.6 Å². The van der Waals surface area contributed by atoms with Crippen molar-refractivity contribution in [2.45, 2.75) is 12.2 Å². The Morgan fingerprint density at radius 2 is 1.39 bits per heavy atom. The van der Waals surface area contributed by atoms with Gasteiger partial charge in [0.2, 0.25) is 0 Å². The number of benzene rings is 2. The lowest BCUT2D eigenvalue weighted by atomic mass is 10.0. The highest BCUT2D eigenvalue weighted by Crippen LogP contribution is 2.39. The van der Waals surface area contributed by atoms with Gasteiger partial charge in [-0.3, -0.25) is 0 Å². The van der Waals surface area contributed by atoms with Gasteiger partial charge in [-0.25, -0.2) is 17.6 Å². The highest BCUT2D eigenvalue weighted by molar-refractivity contribution is 6.17. The second-order valence-electron chi connectivity index (χ2n) is 4.29. The summed E-state index contributed by atoms with van der Waals surface area (Å²) in [5, 5.41) is 0. The molecule has 0 saturated heterocycles. The third-order valence-corrected chi connectivity index (χ3v) is 3.14. The molecule has 23 heavy (non-hydrogen) atoms. The standard InChI is InChI=1S/C14H6ClF7O/c15-5-7-10(16)12(18)9(13(19)11(7)17)6-3-1-2-4-8(6)23-14(20,21)22/h1-4H,5H2. The molecule has 0 aliphatic rings. The summed E-state index contributed by atoms with van der Waals surface area (Å²) in [4.78, 5) is 0. The lowest BCUT2D eigenvalue weighted by Gasteiger charge is -2.15. The van der Waals surface area contributed by atoms with Crippen LogP contribution in [0, 0.1) is 23.3 Å². The van der Waals surface area contributed by atoms with Gasteiger partial charge in [0.1, 0.15) is 5.75 Å². The summed E-state index contributed by atoms with van der Waals surface area (Å²) in [5.41, 5.74) is -3.16. The van der Waals surface area contributed by atoms with Crippen molar-refractivity contribution < 1.29 is 35.5 Å². The van der Waals surface area contributed by atoms with Gasteiger partial charge >= 0.3 is 6.36 Å². The molecule has 0 aliphatic heterocycles. The molecule has 0 bridgehead atoms. The summed E-state index contributed by atoms with van der Waals surface area (Å²) in [6.45, 7) is 0. The molecule has 0 spiro atoms. The van der Waals surface area contributed by atoms with Crippen LogP contribution in [0.5, 0.6) is 5.75 Å². The maximum atomic E-state index is 14.0. The molecule has 0 saturated carbocycles. The van der Waals surface area contributed by atoms with Gasteiger partial charge in [0.15, 0.2) is 23.3 Å². The summed E-state index contributed by atoms with van der Waals surface area (Å²) in [7, 11) is 0. The Morgan fingerprint density at radius 3 is 1.87 bits per heavy atom. The smallest absolute Gasteiger partial charge is 0.405 e. The number of rotatable bonds is 3. The monoisotopic (exact) mass is 358 g/mol. The van der Waals surface area contributed by atoms with Gasteiger partial charge in [-0.05, 0) is 6.07 Å². The molecule has 0 amide bonds. The van der Waals surface area contributed by atoms with Crippen LogP contribution in [0.2, 0.25) is 0 Å². The highest BCUT2D eigenvalue weighted by Gasteiger charge is 2.34. The minimum atomic E-state index is -5.16. The number of alkyl halides is 4. The van der Waals surface area contributed by atoms with Gasteiger partial charge < -0.3 is 4.74 Å². The lowest BCUT2D eigenvalue weighted by molar-refractivity contribution is -0.274. The third kappa shape index (κ3) is 3.36. The normalized spacial score (nSPS) is 11.7.